The molecular weight excluding hydrogens is 406 g/mol. The molecule has 7 heteroatoms. The van der Waals surface area contributed by atoms with Crippen molar-refractivity contribution in [2.75, 3.05) is 19.6 Å². The highest BCUT2D eigenvalue weighted by Crippen LogP contribution is 2.22. The zero-order valence-electron chi connectivity index (χ0n) is 18.5. The molecule has 0 bridgehead atoms. The summed E-state index contributed by atoms with van der Waals surface area (Å²) in [5.41, 5.74) is 1.88. The van der Waals surface area contributed by atoms with Gasteiger partial charge in [-0.3, -0.25) is 24.1 Å². The van der Waals surface area contributed by atoms with E-state index in [2.05, 4.69) is 5.32 Å². The first-order valence-electron chi connectivity index (χ1n) is 11.0. The summed E-state index contributed by atoms with van der Waals surface area (Å²) in [6, 6.07) is 15.9. The van der Waals surface area contributed by atoms with Crippen LogP contribution in [0, 0.1) is 0 Å². The molecule has 1 aliphatic rings. The van der Waals surface area contributed by atoms with Gasteiger partial charge in [0.2, 0.25) is 11.8 Å². The summed E-state index contributed by atoms with van der Waals surface area (Å²) < 4.78 is 0. The van der Waals surface area contributed by atoms with E-state index in [4.69, 9.17) is 0 Å². The van der Waals surface area contributed by atoms with Crippen molar-refractivity contribution >= 4 is 23.6 Å². The summed E-state index contributed by atoms with van der Waals surface area (Å²) >= 11 is 0. The van der Waals surface area contributed by atoms with Gasteiger partial charge in [0.1, 0.15) is 6.04 Å². The Morgan fingerprint density at radius 3 is 2.16 bits per heavy atom. The lowest BCUT2D eigenvalue weighted by molar-refractivity contribution is -0.140. The van der Waals surface area contributed by atoms with E-state index >= 15 is 0 Å². The van der Waals surface area contributed by atoms with Crippen LogP contribution in [0.1, 0.15) is 53.0 Å². The molecule has 0 fully saturated rings. The topological polar surface area (TPSA) is 86.8 Å². The molecule has 0 aromatic heterocycles. The van der Waals surface area contributed by atoms with Crippen molar-refractivity contribution in [3.05, 3.63) is 71.3 Å². The third-order valence-electron chi connectivity index (χ3n) is 5.65. The molecule has 1 N–H and O–H groups in total. The molecule has 0 spiro atoms. The van der Waals surface area contributed by atoms with Gasteiger partial charge in [0.25, 0.3) is 11.8 Å². The number of hydrogen-bond acceptors (Lipinski definition) is 4. The molecule has 0 saturated heterocycles. The van der Waals surface area contributed by atoms with E-state index in [0.29, 0.717) is 37.1 Å². The van der Waals surface area contributed by atoms with Crippen LogP contribution in [0.15, 0.2) is 54.6 Å². The van der Waals surface area contributed by atoms with Gasteiger partial charge in [-0.25, -0.2) is 0 Å². The van der Waals surface area contributed by atoms with Crippen LogP contribution in [0.2, 0.25) is 0 Å². The third kappa shape index (κ3) is 5.22. The second kappa shape index (κ2) is 10.7. The minimum Gasteiger partial charge on any atom is -0.355 e. The van der Waals surface area contributed by atoms with Crippen LogP contribution in [0.4, 0.5) is 0 Å². The summed E-state index contributed by atoms with van der Waals surface area (Å²) in [6.07, 6.45) is 1.12. The molecule has 0 aliphatic carbocycles. The van der Waals surface area contributed by atoms with Crippen molar-refractivity contribution in [1.82, 2.24) is 15.1 Å². The van der Waals surface area contributed by atoms with Gasteiger partial charge in [-0.15, -0.1) is 0 Å². The van der Waals surface area contributed by atoms with Gasteiger partial charge < -0.3 is 10.2 Å². The molecule has 0 saturated carbocycles. The number of fused-ring (bicyclic) bond motifs is 1. The first-order valence-corrected chi connectivity index (χ1v) is 11.0. The highest BCUT2D eigenvalue weighted by atomic mass is 16.2. The third-order valence-corrected chi connectivity index (χ3v) is 5.65. The summed E-state index contributed by atoms with van der Waals surface area (Å²) in [7, 11) is 0. The van der Waals surface area contributed by atoms with Crippen molar-refractivity contribution in [1.29, 1.82) is 0 Å². The average molecular weight is 436 g/mol. The van der Waals surface area contributed by atoms with Crippen LogP contribution in [0.25, 0.3) is 0 Å². The van der Waals surface area contributed by atoms with Crippen LogP contribution in [-0.2, 0) is 16.0 Å². The fourth-order valence-electron chi connectivity index (χ4n) is 3.87. The number of amides is 4. The van der Waals surface area contributed by atoms with Gasteiger partial charge in [0, 0.05) is 26.1 Å². The normalized spacial score (nSPS) is 13.6. The van der Waals surface area contributed by atoms with E-state index in [-0.39, 0.29) is 36.6 Å². The first kappa shape index (κ1) is 23.2. The Balaban J connectivity index is 1.61. The van der Waals surface area contributed by atoms with Crippen LogP contribution >= 0.6 is 0 Å². The second-order valence-electron chi connectivity index (χ2n) is 7.80. The monoisotopic (exact) mass is 435 g/mol. The molecule has 1 aliphatic heterocycles. The second-order valence-corrected chi connectivity index (χ2v) is 7.80. The number of likely N-dealkylation sites (N-methyl/N-ethyl adjacent to an activating group) is 1. The average Bonchev–Trinajstić information content (AvgIpc) is 3.05. The maximum absolute atomic E-state index is 13.0. The molecule has 1 heterocycles. The van der Waals surface area contributed by atoms with E-state index in [9.17, 15) is 19.2 Å². The largest absolute Gasteiger partial charge is 0.355 e. The Morgan fingerprint density at radius 2 is 1.56 bits per heavy atom. The Morgan fingerprint density at radius 1 is 0.969 bits per heavy atom. The molecule has 4 amide bonds. The number of carbonyl (C=O) groups is 4. The molecule has 2 aromatic carbocycles. The number of nitrogens with one attached hydrogen (secondary N) is 1. The molecule has 7 nitrogen and oxygen atoms in total. The number of rotatable bonds is 10. The van der Waals surface area contributed by atoms with E-state index < -0.39 is 6.04 Å². The van der Waals surface area contributed by atoms with E-state index in [1.165, 1.54) is 4.90 Å². The molecule has 0 radical (unpaired) electrons. The lowest BCUT2D eigenvalue weighted by Crippen LogP contribution is -2.48. The SMILES string of the molecule is CCNC(=O)[C@H](C)N(CCc1ccccc1)C(=O)CCCN1C(=O)c2ccccc2C1=O. The smallest absolute Gasteiger partial charge is 0.261 e. The first-order chi connectivity index (χ1) is 15.4. The van der Waals surface area contributed by atoms with E-state index in [1.807, 2.05) is 37.3 Å². The van der Waals surface area contributed by atoms with Crippen LogP contribution < -0.4 is 5.32 Å². The van der Waals surface area contributed by atoms with Crippen LogP contribution in [-0.4, -0.2) is 59.1 Å². The van der Waals surface area contributed by atoms with Gasteiger partial charge in [0.15, 0.2) is 0 Å². The molecule has 2 aromatic rings. The summed E-state index contributed by atoms with van der Waals surface area (Å²) in [5.74, 6) is -1.02. The number of nitrogens with zero attached hydrogens (tertiary/aromatic N) is 2. The van der Waals surface area contributed by atoms with Gasteiger partial charge >= 0.3 is 0 Å². The van der Waals surface area contributed by atoms with E-state index in [0.717, 1.165) is 5.56 Å². The zero-order valence-corrected chi connectivity index (χ0v) is 18.5. The Hall–Kier alpha value is -3.48. The standard InChI is InChI=1S/C25H29N3O4/c1-3-26-23(30)18(2)27(17-15-19-10-5-4-6-11-19)22(29)14-9-16-28-24(31)20-12-7-8-13-21(20)25(28)32/h4-8,10-13,18H,3,9,14-17H2,1-2H3,(H,26,30)/t18-/m0/s1. The summed E-state index contributed by atoms with van der Waals surface area (Å²) in [4.78, 5) is 53.2. The Labute approximate surface area is 188 Å². The minimum atomic E-state index is -0.606. The lowest BCUT2D eigenvalue weighted by Gasteiger charge is -2.29. The summed E-state index contributed by atoms with van der Waals surface area (Å²) in [6.45, 7) is 4.62. The Bertz CT molecular complexity index is 955. The van der Waals surface area contributed by atoms with Crippen molar-refractivity contribution in [3.8, 4) is 0 Å². The highest BCUT2D eigenvalue weighted by Gasteiger charge is 2.35. The zero-order chi connectivity index (χ0) is 23.1. The number of benzene rings is 2. The van der Waals surface area contributed by atoms with Crippen molar-refractivity contribution in [3.63, 3.8) is 0 Å². The van der Waals surface area contributed by atoms with Gasteiger partial charge in [-0.1, -0.05) is 42.5 Å². The Kier molecular flexibility index (Phi) is 7.76. The van der Waals surface area contributed by atoms with Crippen molar-refractivity contribution in [2.45, 2.75) is 39.2 Å². The molecule has 0 unspecified atom stereocenters. The quantitative estimate of drug-likeness (QED) is 0.582. The van der Waals surface area contributed by atoms with Gasteiger partial charge in [0.05, 0.1) is 11.1 Å². The molecular formula is C25H29N3O4. The van der Waals surface area contributed by atoms with Crippen LogP contribution in [0.3, 0.4) is 0 Å². The lowest BCUT2D eigenvalue weighted by atomic mass is 10.1. The predicted molar refractivity (Wildman–Crippen MR) is 121 cm³/mol. The van der Waals surface area contributed by atoms with Gasteiger partial charge in [-0.2, -0.15) is 0 Å². The number of imide groups is 1. The number of hydrogen-bond donors (Lipinski definition) is 1. The van der Waals surface area contributed by atoms with Crippen molar-refractivity contribution < 1.29 is 19.2 Å². The molecule has 32 heavy (non-hydrogen) atoms. The molecule has 1 atom stereocenters. The minimum absolute atomic E-state index is 0.145. The summed E-state index contributed by atoms with van der Waals surface area (Å²) in [5, 5.41) is 2.77. The fraction of sp³-hybridized carbons (Fsp3) is 0.360. The van der Waals surface area contributed by atoms with Gasteiger partial charge in [-0.05, 0) is 44.4 Å². The van der Waals surface area contributed by atoms with Crippen LogP contribution in [0.5, 0.6) is 0 Å². The fourth-order valence-corrected chi connectivity index (χ4v) is 3.87. The van der Waals surface area contributed by atoms with Crippen molar-refractivity contribution in [2.24, 2.45) is 0 Å². The predicted octanol–water partition coefficient (Wildman–Crippen LogP) is 2.66. The number of carbonyl (C=O) groups excluding carboxylic acids is 4. The highest BCUT2D eigenvalue weighted by molar-refractivity contribution is 6.21. The maximum atomic E-state index is 13.0. The maximum Gasteiger partial charge on any atom is 0.261 e. The molecule has 3 rings (SSSR count). The molecule has 168 valence electrons. The van der Waals surface area contributed by atoms with E-state index in [1.54, 1.807) is 36.1 Å².